The van der Waals surface area contributed by atoms with Gasteiger partial charge in [0.15, 0.2) is 5.96 Å². The molecule has 3 aliphatic rings. The normalized spacial score (nSPS) is 30.6. The average Bonchev–Trinajstić information content (AvgIpc) is 3.08. The Hall–Kier alpha value is -1.71. The van der Waals surface area contributed by atoms with Crippen LogP contribution in [0, 0.1) is 5.92 Å². The molecule has 2 saturated carbocycles. The molecule has 4 rings (SSSR count). The van der Waals surface area contributed by atoms with Crippen molar-refractivity contribution in [2.24, 2.45) is 10.9 Å². The zero-order valence-electron chi connectivity index (χ0n) is 14.8. The minimum Gasteiger partial charge on any atom is -0.487 e. The van der Waals surface area contributed by atoms with Crippen LogP contribution in [0.4, 0.5) is 0 Å². The van der Waals surface area contributed by atoms with Crippen molar-refractivity contribution in [2.45, 2.75) is 70.1 Å². The molecule has 0 bridgehead atoms. The van der Waals surface area contributed by atoms with Crippen LogP contribution in [-0.4, -0.2) is 24.1 Å². The Morgan fingerprint density at radius 1 is 1.25 bits per heavy atom. The lowest BCUT2D eigenvalue weighted by Crippen LogP contribution is -2.47. The summed E-state index contributed by atoms with van der Waals surface area (Å²) in [5.41, 5.74) is 1.29. The molecule has 2 aliphatic carbocycles. The third kappa shape index (κ3) is 3.11. The van der Waals surface area contributed by atoms with Crippen molar-refractivity contribution in [3.05, 3.63) is 29.8 Å². The fourth-order valence-electron chi connectivity index (χ4n) is 4.23. The van der Waals surface area contributed by atoms with Gasteiger partial charge in [-0.25, -0.2) is 0 Å². The highest BCUT2D eigenvalue weighted by molar-refractivity contribution is 5.81. The first-order chi connectivity index (χ1) is 11.7. The first kappa shape index (κ1) is 15.8. The van der Waals surface area contributed by atoms with Gasteiger partial charge < -0.3 is 15.4 Å². The van der Waals surface area contributed by atoms with E-state index < -0.39 is 0 Å². The van der Waals surface area contributed by atoms with Gasteiger partial charge in [0.1, 0.15) is 11.4 Å². The Balaban J connectivity index is 1.56. The molecule has 0 aromatic heterocycles. The van der Waals surface area contributed by atoms with E-state index in [0.29, 0.717) is 6.04 Å². The largest absolute Gasteiger partial charge is 0.487 e. The third-order valence-corrected chi connectivity index (χ3v) is 5.77. The van der Waals surface area contributed by atoms with E-state index in [0.717, 1.165) is 30.6 Å². The van der Waals surface area contributed by atoms with Crippen LogP contribution in [-0.2, 0) is 0 Å². The van der Waals surface area contributed by atoms with Gasteiger partial charge in [-0.3, -0.25) is 4.99 Å². The average molecular weight is 327 g/mol. The molecule has 1 spiro atoms. The molecule has 1 aromatic carbocycles. The van der Waals surface area contributed by atoms with Crippen LogP contribution in [0.5, 0.6) is 5.75 Å². The van der Waals surface area contributed by atoms with Crippen molar-refractivity contribution in [1.82, 2.24) is 10.6 Å². The second-order valence-electron chi connectivity index (χ2n) is 7.72. The number of guanidine groups is 1. The van der Waals surface area contributed by atoms with E-state index in [1.165, 1.54) is 37.7 Å². The van der Waals surface area contributed by atoms with Crippen LogP contribution < -0.4 is 15.4 Å². The molecule has 2 N–H and O–H groups in total. The molecule has 4 nitrogen and oxygen atoms in total. The number of hydrogen-bond acceptors (Lipinski definition) is 2. The van der Waals surface area contributed by atoms with E-state index in [-0.39, 0.29) is 11.6 Å². The first-order valence-electron chi connectivity index (χ1n) is 9.54. The Morgan fingerprint density at radius 3 is 2.71 bits per heavy atom. The van der Waals surface area contributed by atoms with E-state index in [1.54, 1.807) is 0 Å². The van der Waals surface area contributed by atoms with Gasteiger partial charge in [-0.05, 0) is 51.0 Å². The molecule has 1 heterocycles. The van der Waals surface area contributed by atoms with Crippen LogP contribution in [0.15, 0.2) is 29.3 Å². The van der Waals surface area contributed by atoms with Gasteiger partial charge in [0.05, 0.1) is 6.04 Å². The van der Waals surface area contributed by atoms with Gasteiger partial charge in [-0.1, -0.05) is 25.1 Å². The summed E-state index contributed by atoms with van der Waals surface area (Å²) in [6.45, 7) is 5.18. The van der Waals surface area contributed by atoms with Crippen LogP contribution in [0.1, 0.15) is 64.0 Å². The SMILES string of the molecule is CCN=C(NC1CC2(CCCC2)Oc2ccccc21)NC1CC1C. The summed E-state index contributed by atoms with van der Waals surface area (Å²) in [6.07, 6.45) is 7.19. The van der Waals surface area contributed by atoms with Crippen molar-refractivity contribution < 1.29 is 4.74 Å². The predicted molar refractivity (Wildman–Crippen MR) is 97.4 cm³/mol. The fraction of sp³-hybridized carbons (Fsp3) is 0.650. The lowest BCUT2D eigenvalue weighted by atomic mass is 9.86. The highest BCUT2D eigenvalue weighted by Gasteiger charge is 2.43. The van der Waals surface area contributed by atoms with E-state index in [9.17, 15) is 0 Å². The first-order valence-corrected chi connectivity index (χ1v) is 9.54. The molecule has 0 radical (unpaired) electrons. The van der Waals surface area contributed by atoms with Gasteiger partial charge in [0, 0.05) is 24.6 Å². The minimum absolute atomic E-state index is 0.0240. The Labute approximate surface area is 145 Å². The number of ether oxygens (including phenoxy) is 1. The zero-order valence-corrected chi connectivity index (χ0v) is 14.8. The molecule has 3 atom stereocenters. The summed E-state index contributed by atoms with van der Waals surface area (Å²) < 4.78 is 6.46. The maximum atomic E-state index is 6.46. The van der Waals surface area contributed by atoms with E-state index in [2.05, 4.69) is 53.7 Å². The molecule has 24 heavy (non-hydrogen) atoms. The fourth-order valence-corrected chi connectivity index (χ4v) is 4.23. The lowest BCUT2D eigenvalue weighted by molar-refractivity contribution is 0.0396. The Morgan fingerprint density at radius 2 is 2.00 bits per heavy atom. The second-order valence-corrected chi connectivity index (χ2v) is 7.72. The number of para-hydroxylation sites is 1. The molecule has 4 heteroatoms. The zero-order chi connectivity index (χ0) is 16.6. The Kier molecular flexibility index (Phi) is 4.15. The summed E-state index contributed by atoms with van der Waals surface area (Å²) in [4.78, 5) is 4.67. The summed E-state index contributed by atoms with van der Waals surface area (Å²) in [5, 5.41) is 7.31. The molecular weight excluding hydrogens is 298 g/mol. The monoisotopic (exact) mass is 327 g/mol. The number of rotatable bonds is 3. The van der Waals surface area contributed by atoms with E-state index >= 15 is 0 Å². The molecule has 0 saturated heterocycles. The highest BCUT2D eigenvalue weighted by atomic mass is 16.5. The molecule has 130 valence electrons. The molecule has 3 unspecified atom stereocenters. The van der Waals surface area contributed by atoms with Crippen molar-refractivity contribution in [1.29, 1.82) is 0 Å². The van der Waals surface area contributed by atoms with Crippen LogP contribution in [0.3, 0.4) is 0 Å². The van der Waals surface area contributed by atoms with Crippen LogP contribution in [0.2, 0.25) is 0 Å². The minimum atomic E-state index is 0.0240. The van der Waals surface area contributed by atoms with Gasteiger partial charge in [0.25, 0.3) is 0 Å². The molecule has 1 aromatic rings. The number of aliphatic imine (C=N–C) groups is 1. The topological polar surface area (TPSA) is 45.7 Å². The maximum absolute atomic E-state index is 6.46. The highest BCUT2D eigenvalue weighted by Crippen LogP contribution is 2.47. The quantitative estimate of drug-likeness (QED) is 0.656. The third-order valence-electron chi connectivity index (χ3n) is 5.77. The summed E-state index contributed by atoms with van der Waals surface area (Å²) in [6, 6.07) is 9.36. The second kappa shape index (κ2) is 6.30. The number of benzene rings is 1. The van der Waals surface area contributed by atoms with Crippen molar-refractivity contribution in [3.8, 4) is 5.75 Å². The molecule has 0 amide bonds. The van der Waals surface area contributed by atoms with Crippen molar-refractivity contribution >= 4 is 5.96 Å². The van der Waals surface area contributed by atoms with Gasteiger partial charge in [0.2, 0.25) is 0 Å². The van der Waals surface area contributed by atoms with Gasteiger partial charge >= 0.3 is 0 Å². The summed E-state index contributed by atoms with van der Waals surface area (Å²) in [5.74, 6) is 2.78. The molecular formula is C20H29N3O. The van der Waals surface area contributed by atoms with Crippen molar-refractivity contribution in [2.75, 3.05) is 6.54 Å². The molecule has 2 fully saturated rings. The predicted octanol–water partition coefficient (Wildman–Crippen LogP) is 3.79. The summed E-state index contributed by atoms with van der Waals surface area (Å²) >= 11 is 0. The molecule has 1 aliphatic heterocycles. The van der Waals surface area contributed by atoms with Crippen LogP contribution in [0.25, 0.3) is 0 Å². The number of nitrogens with one attached hydrogen (secondary N) is 2. The van der Waals surface area contributed by atoms with E-state index in [1.807, 2.05) is 0 Å². The van der Waals surface area contributed by atoms with Gasteiger partial charge in [-0.2, -0.15) is 0 Å². The van der Waals surface area contributed by atoms with Gasteiger partial charge in [-0.15, -0.1) is 0 Å². The Bertz CT molecular complexity index is 621. The van der Waals surface area contributed by atoms with Crippen LogP contribution >= 0.6 is 0 Å². The number of hydrogen-bond donors (Lipinski definition) is 2. The lowest BCUT2D eigenvalue weighted by Gasteiger charge is -2.40. The smallest absolute Gasteiger partial charge is 0.191 e. The maximum Gasteiger partial charge on any atom is 0.191 e. The standard InChI is InChI=1S/C20H29N3O/c1-3-21-19(22-16-12-14(16)2)23-17-13-20(10-6-7-11-20)24-18-9-5-4-8-15(17)18/h4-5,8-9,14,16-17H,3,6-7,10-13H2,1-2H3,(H2,21,22,23). The van der Waals surface area contributed by atoms with E-state index in [4.69, 9.17) is 4.74 Å². The summed E-state index contributed by atoms with van der Waals surface area (Å²) in [7, 11) is 0. The number of fused-ring (bicyclic) bond motifs is 1. The van der Waals surface area contributed by atoms with Crippen molar-refractivity contribution in [3.63, 3.8) is 0 Å². The number of nitrogens with zero attached hydrogens (tertiary/aromatic N) is 1.